The minimum Gasteiger partial charge on any atom is -0.384 e. The van der Waals surface area contributed by atoms with Crippen LogP contribution in [0.2, 0.25) is 5.02 Å². The quantitative estimate of drug-likeness (QED) is 0.893. The molecule has 0 atom stereocenters. The van der Waals surface area contributed by atoms with Crippen LogP contribution in [0.4, 0.5) is 19.0 Å². The van der Waals surface area contributed by atoms with Crippen LogP contribution in [0.5, 0.6) is 0 Å². The van der Waals surface area contributed by atoms with Crippen LogP contribution in [-0.2, 0) is 12.7 Å². The topological polar surface area (TPSA) is 63.8 Å². The molecule has 0 aliphatic heterocycles. The van der Waals surface area contributed by atoms with Gasteiger partial charge in [0, 0.05) is 11.1 Å². The Hall–Kier alpha value is -1.89. The molecule has 0 saturated heterocycles. The maximum Gasteiger partial charge on any atom is 0.416 e. The number of nitrogens with zero attached hydrogens (tertiary/aromatic N) is 1. The Morgan fingerprint density at radius 2 is 1.95 bits per heavy atom. The third-order valence-corrected chi connectivity index (χ3v) is 2.65. The van der Waals surface area contributed by atoms with E-state index in [-0.39, 0.29) is 22.9 Å². The smallest absolute Gasteiger partial charge is 0.384 e. The number of hydrogen-bond donors (Lipinski definition) is 2. The van der Waals surface area contributed by atoms with Crippen LogP contribution in [0, 0.1) is 0 Å². The van der Waals surface area contributed by atoms with Gasteiger partial charge in [0.2, 0.25) is 0 Å². The van der Waals surface area contributed by atoms with Crippen LogP contribution in [0.1, 0.15) is 11.1 Å². The van der Waals surface area contributed by atoms with Crippen molar-refractivity contribution in [3.05, 3.63) is 50.8 Å². The molecule has 0 saturated carbocycles. The summed E-state index contributed by atoms with van der Waals surface area (Å²) in [6.45, 7) is -0.0698. The van der Waals surface area contributed by atoms with Crippen molar-refractivity contribution in [2.45, 2.75) is 12.7 Å². The van der Waals surface area contributed by atoms with E-state index < -0.39 is 17.3 Å². The lowest BCUT2D eigenvalue weighted by atomic mass is 10.1. The molecule has 0 radical (unpaired) electrons. The number of aromatic nitrogens is 2. The Bertz CT molecular complexity index is 660. The highest BCUT2D eigenvalue weighted by molar-refractivity contribution is 6.30. The van der Waals surface area contributed by atoms with E-state index in [2.05, 4.69) is 5.10 Å². The van der Waals surface area contributed by atoms with Gasteiger partial charge in [0.15, 0.2) is 0 Å². The van der Waals surface area contributed by atoms with Gasteiger partial charge in [-0.2, -0.15) is 13.2 Å². The summed E-state index contributed by atoms with van der Waals surface area (Å²) in [5.41, 5.74) is 4.35. The maximum absolute atomic E-state index is 12.6. The number of rotatable bonds is 2. The normalized spacial score (nSPS) is 11.8. The van der Waals surface area contributed by atoms with Gasteiger partial charge in [-0.05, 0) is 23.8 Å². The number of halogens is 4. The summed E-state index contributed by atoms with van der Waals surface area (Å²) in [5.74, 6) is 0.142. The van der Waals surface area contributed by atoms with Gasteiger partial charge in [-0.25, -0.2) is 4.68 Å². The largest absolute Gasteiger partial charge is 0.416 e. The molecule has 8 heteroatoms. The van der Waals surface area contributed by atoms with Gasteiger partial charge < -0.3 is 5.73 Å². The molecule has 2 aromatic rings. The molecular weight excluding hydrogens is 283 g/mol. The van der Waals surface area contributed by atoms with Gasteiger partial charge in [0.25, 0.3) is 5.56 Å². The van der Waals surface area contributed by atoms with Crippen molar-refractivity contribution in [1.29, 1.82) is 0 Å². The van der Waals surface area contributed by atoms with Crippen molar-refractivity contribution in [2.24, 2.45) is 0 Å². The molecule has 0 amide bonds. The lowest BCUT2D eigenvalue weighted by molar-refractivity contribution is -0.137. The van der Waals surface area contributed by atoms with Crippen molar-refractivity contribution in [2.75, 3.05) is 5.73 Å². The van der Waals surface area contributed by atoms with Crippen LogP contribution >= 0.6 is 11.6 Å². The van der Waals surface area contributed by atoms with E-state index in [1.165, 1.54) is 6.07 Å². The minimum absolute atomic E-state index is 0.0441. The second-order valence-electron chi connectivity index (χ2n) is 3.98. The van der Waals surface area contributed by atoms with Crippen molar-refractivity contribution < 1.29 is 13.2 Å². The van der Waals surface area contributed by atoms with Gasteiger partial charge >= 0.3 is 6.18 Å². The zero-order valence-corrected chi connectivity index (χ0v) is 10.2. The molecular formula is C11H9ClF3N3O. The lowest BCUT2D eigenvalue weighted by Crippen LogP contribution is -2.17. The molecule has 0 aliphatic carbocycles. The third kappa shape index (κ3) is 3.11. The van der Waals surface area contributed by atoms with Crippen molar-refractivity contribution in [3.8, 4) is 0 Å². The van der Waals surface area contributed by atoms with E-state index in [9.17, 15) is 18.0 Å². The highest BCUT2D eigenvalue weighted by Crippen LogP contribution is 2.31. The number of benzene rings is 1. The minimum atomic E-state index is -4.49. The zero-order chi connectivity index (χ0) is 14.2. The Kier molecular flexibility index (Phi) is 3.32. The molecule has 0 unspecified atom stereocenters. The van der Waals surface area contributed by atoms with E-state index in [1.54, 1.807) is 0 Å². The summed E-state index contributed by atoms with van der Waals surface area (Å²) in [5, 5.41) is 2.48. The number of hydrogen-bond acceptors (Lipinski definition) is 2. The summed E-state index contributed by atoms with van der Waals surface area (Å²) >= 11 is 5.64. The lowest BCUT2D eigenvalue weighted by Gasteiger charge is -2.10. The molecule has 0 aliphatic rings. The fourth-order valence-corrected chi connectivity index (χ4v) is 1.92. The zero-order valence-electron chi connectivity index (χ0n) is 9.46. The number of anilines is 1. The molecule has 102 valence electrons. The van der Waals surface area contributed by atoms with E-state index in [0.717, 1.165) is 22.9 Å². The molecule has 0 bridgehead atoms. The molecule has 3 N–H and O–H groups in total. The second kappa shape index (κ2) is 4.65. The molecule has 2 rings (SSSR count). The first-order valence-electron chi connectivity index (χ1n) is 5.18. The van der Waals surface area contributed by atoms with Gasteiger partial charge in [-0.15, -0.1) is 0 Å². The SMILES string of the molecule is Nc1cc(=O)n(Cc2cc(Cl)cc(C(F)(F)F)c2)[nH]1. The average molecular weight is 292 g/mol. The predicted octanol–water partition coefficient (Wildman–Crippen LogP) is 2.48. The van der Waals surface area contributed by atoms with Crippen LogP contribution in [0.15, 0.2) is 29.1 Å². The highest BCUT2D eigenvalue weighted by atomic mass is 35.5. The van der Waals surface area contributed by atoms with E-state index in [0.29, 0.717) is 0 Å². The summed E-state index contributed by atoms with van der Waals surface area (Å²) < 4.78 is 38.9. The highest BCUT2D eigenvalue weighted by Gasteiger charge is 2.31. The molecule has 19 heavy (non-hydrogen) atoms. The van der Waals surface area contributed by atoms with Crippen molar-refractivity contribution in [1.82, 2.24) is 9.78 Å². The number of nitrogens with one attached hydrogen (secondary N) is 1. The number of nitrogen functional groups attached to an aromatic ring is 1. The standard InChI is InChI=1S/C11H9ClF3N3O/c12-8-2-6(1-7(3-8)11(13,14)15)5-18-10(19)4-9(16)17-18/h1-4,17H,5,16H2. The number of H-pyrrole nitrogens is 1. The molecule has 1 heterocycles. The van der Waals surface area contributed by atoms with E-state index >= 15 is 0 Å². The van der Waals surface area contributed by atoms with Gasteiger partial charge in [0.05, 0.1) is 12.1 Å². The van der Waals surface area contributed by atoms with Crippen molar-refractivity contribution in [3.63, 3.8) is 0 Å². The number of aromatic amines is 1. The molecule has 0 fully saturated rings. The summed E-state index contributed by atoms with van der Waals surface area (Å²) in [7, 11) is 0. The van der Waals surface area contributed by atoms with Crippen molar-refractivity contribution >= 4 is 17.4 Å². The first-order chi connectivity index (χ1) is 8.75. The fraction of sp³-hybridized carbons (Fsp3) is 0.182. The first kappa shape index (κ1) is 13.5. The van der Waals surface area contributed by atoms with Crippen LogP contribution in [0.25, 0.3) is 0 Å². The molecule has 1 aromatic heterocycles. The first-order valence-corrected chi connectivity index (χ1v) is 5.55. The van der Waals surface area contributed by atoms with E-state index in [1.807, 2.05) is 0 Å². The van der Waals surface area contributed by atoms with Gasteiger partial charge in [-0.3, -0.25) is 9.89 Å². The van der Waals surface area contributed by atoms with Gasteiger partial charge in [-0.1, -0.05) is 11.6 Å². The monoisotopic (exact) mass is 291 g/mol. The van der Waals surface area contributed by atoms with Gasteiger partial charge in [0.1, 0.15) is 5.82 Å². The number of nitrogens with two attached hydrogens (primary N) is 1. The van der Waals surface area contributed by atoms with Crippen LogP contribution in [-0.4, -0.2) is 9.78 Å². The predicted molar refractivity (Wildman–Crippen MR) is 65.0 cm³/mol. The fourth-order valence-electron chi connectivity index (χ4n) is 1.66. The summed E-state index contributed by atoms with van der Waals surface area (Å²) in [6, 6.07) is 4.28. The Morgan fingerprint density at radius 1 is 1.26 bits per heavy atom. The summed E-state index contributed by atoms with van der Waals surface area (Å²) in [4.78, 5) is 11.4. The molecule has 1 aromatic carbocycles. The average Bonchev–Trinajstić information content (AvgIpc) is 2.55. The number of alkyl halides is 3. The maximum atomic E-state index is 12.6. The Labute approximate surface area is 110 Å². The van der Waals surface area contributed by atoms with E-state index in [4.69, 9.17) is 17.3 Å². The third-order valence-electron chi connectivity index (χ3n) is 2.43. The second-order valence-corrected chi connectivity index (χ2v) is 4.42. The van der Waals surface area contributed by atoms with Crippen LogP contribution < -0.4 is 11.3 Å². The Balaban J connectivity index is 2.38. The van der Waals surface area contributed by atoms with Crippen LogP contribution in [0.3, 0.4) is 0 Å². The molecule has 0 spiro atoms. The summed E-state index contributed by atoms with van der Waals surface area (Å²) in [6.07, 6.45) is -4.49. The Morgan fingerprint density at radius 3 is 2.47 bits per heavy atom. The molecule has 4 nitrogen and oxygen atoms in total.